The molecule has 0 radical (unpaired) electrons. The third-order valence-corrected chi connectivity index (χ3v) is 4.62. The van der Waals surface area contributed by atoms with Gasteiger partial charge < -0.3 is 14.4 Å². The van der Waals surface area contributed by atoms with Crippen LogP contribution in [0.1, 0.15) is 5.69 Å². The van der Waals surface area contributed by atoms with Crippen LogP contribution in [0.25, 0.3) is 0 Å². The van der Waals surface area contributed by atoms with Crippen LogP contribution in [0, 0.1) is 0 Å². The summed E-state index contributed by atoms with van der Waals surface area (Å²) in [5.41, 5.74) is 0.967. The second-order valence-electron chi connectivity index (χ2n) is 6.08. The van der Waals surface area contributed by atoms with E-state index in [2.05, 4.69) is 19.9 Å². The van der Waals surface area contributed by atoms with Crippen LogP contribution >= 0.6 is 0 Å². The summed E-state index contributed by atoms with van der Waals surface area (Å²) in [6.07, 6.45) is 3.57. The Hall–Kier alpha value is -2.90. The van der Waals surface area contributed by atoms with E-state index in [9.17, 15) is 4.79 Å². The number of fused-ring (bicyclic) bond motifs is 1. The zero-order valence-electron chi connectivity index (χ0n) is 13.9. The standard InChI is InChI=1S/C17H19N5O3/c1-24-16-8-15(19-11-20-16)21-9-13-14(10-21)25-17(23)22(13)7-5-12-4-2-3-6-18-12/h2-4,6,8,11,13-14H,5,7,9-10H2,1H3/t13-,14+/m1/s1. The summed E-state index contributed by atoms with van der Waals surface area (Å²) in [6, 6.07) is 7.62. The molecular weight excluding hydrogens is 322 g/mol. The average molecular weight is 341 g/mol. The summed E-state index contributed by atoms with van der Waals surface area (Å²) in [4.78, 5) is 28.7. The van der Waals surface area contributed by atoms with E-state index >= 15 is 0 Å². The topological polar surface area (TPSA) is 80.7 Å². The van der Waals surface area contributed by atoms with Crippen LogP contribution in [-0.2, 0) is 11.2 Å². The van der Waals surface area contributed by atoms with Crippen LogP contribution in [0.3, 0.4) is 0 Å². The van der Waals surface area contributed by atoms with Crippen LogP contribution in [0.5, 0.6) is 5.88 Å². The Bertz CT molecular complexity index is 757. The second-order valence-corrected chi connectivity index (χ2v) is 6.08. The second kappa shape index (κ2) is 6.54. The first-order valence-corrected chi connectivity index (χ1v) is 8.23. The summed E-state index contributed by atoms with van der Waals surface area (Å²) >= 11 is 0. The fraction of sp³-hybridized carbons (Fsp3) is 0.412. The first kappa shape index (κ1) is 15.6. The van der Waals surface area contributed by atoms with E-state index in [1.807, 2.05) is 18.2 Å². The number of aromatic nitrogens is 3. The van der Waals surface area contributed by atoms with Crippen molar-refractivity contribution in [1.29, 1.82) is 0 Å². The third kappa shape index (κ3) is 3.07. The largest absolute Gasteiger partial charge is 0.481 e. The van der Waals surface area contributed by atoms with Crippen molar-refractivity contribution in [1.82, 2.24) is 19.9 Å². The number of hydrogen-bond acceptors (Lipinski definition) is 7. The molecule has 2 atom stereocenters. The Kier molecular flexibility index (Phi) is 4.09. The minimum atomic E-state index is -0.245. The highest BCUT2D eigenvalue weighted by atomic mass is 16.6. The highest BCUT2D eigenvalue weighted by molar-refractivity contribution is 5.71. The van der Waals surface area contributed by atoms with Gasteiger partial charge >= 0.3 is 6.09 Å². The lowest BCUT2D eigenvalue weighted by Gasteiger charge is -2.23. The number of nitrogens with zero attached hydrogens (tertiary/aromatic N) is 5. The number of hydrogen-bond donors (Lipinski definition) is 0. The fourth-order valence-corrected chi connectivity index (χ4v) is 3.34. The Morgan fingerprint density at radius 3 is 3.00 bits per heavy atom. The van der Waals surface area contributed by atoms with Gasteiger partial charge in [0.05, 0.1) is 19.7 Å². The lowest BCUT2D eigenvalue weighted by molar-refractivity contribution is 0.136. The van der Waals surface area contributed by atoms with Crippen LogP contribution in [0.2, 0.25) is 0 Å². The lowest BCUT2D eigenvalue weighted by atomic mass is 10.2. The smallest absolute Gasteiger partial charge is 0.410 e. The van der Waals surface area contributed by atoms with Crippen molar-refractivity contribution < 1.29 is 14.3 Å². The Morgan fingerprint density at radius 1 is 1.28 bits per heavy atom. The molecule has 8 nitrogen and oxygen atoms in total. The Balaban J connectivity index is 1.44. The van der Waals surface area contributed by atoms with Gasteiger partial charge in [-0.1, -0.05) is 6.07 Å². The van der Waals surface area contributed by atoms with Crippen LogP contribution in [0.15, 0.2) is 36.8 Å². The first-order chi connectivity index (χ1) is 12.2. The monoisotopic (exact) mass is 341 g/mol. The molecule has 2 aliphatic heterocycles. The quantitative estimate of drug-likeness (QED) is 0.806. The van der Waals surface area contributed by atoms with Crippen LogP contribution < -0.4 is 9.64 Å². The van der Waals surface area contributed by atoms with Crippen molar-refractivity contribution in [2.75, 3.05) is 31.6 Å². The molecule has 2 aromatic rings. The number of methoxy groups -OCH3 is 1. The molecule has 1 amide bonds. The molecule has 2 saturated heterocycles. The van der Waals surface area contributed by atoms with Gasteiger partial charge in [-0.05, 0) is 12.1 Å². The van der Waals surface area contributed by atoms with E-state index in [-0.39, 0.29) is 18.2 Å². The number of ether oxygens (including phenoxy) is 2. The predicted molar refractivity (Wildman–Crippen MR) is 89.5 cm³/mol. The maximum atomic E-state index is 12.2. The molecule has 25 heavy (non-hydrogen) atoms. The van der Waals surface area contributed by atoms with E-state index in [0.29, 0.717) is 31.9 Å². The third-order valence-electron chi connectivity index (χ3n) is 4.62. The van der Waals surface area contributed by atoms with Crippen molar-refractivity contribution in [2.24, 2.45) is 0 Å². The zero-order valence-corrected chi connectivity index (χ0v) is 13.9. The molecular formula is C17H19N5O3. The number of amides is 1. The van der Waals surface area contributed by atoms with Gasteiger partial charge in [0, 0.05) is 37.5 Å². The minimum Gasteiger partial charge on any atom is -0.481 e. The molecule has 0 saturated carbocycles. The van der Waals surface area contributed by atoms with Crippen LogP contribution in [-0.4, -0.2) is 64.8 Å². The van der Waals surface area contributed by atoms with Gasteiger partial charge in [0.1, 0.15) is 18.2 Å². The van der Waals surface area contributed by atoms with Gasteiger partial charge in [0.25, 0.3) is 0 Å². The van der Waals surface area contributed by atoms with E-state index in [0.717, 1.165) is 11.5 Å². The SMILES string of the molecule is COc1cc(N2C[C@@H]3OC(=O)N(CCc4ccccn4)[C@@H]3C2)ncn1. The number of carbonyl (C=O) groups excluding carboxylic acids is 1. The van der Waals surface area contributed by atoms with Crippen molar-refractivity contribution in [3.63, 3.8) is 0 Å². The molecule has 130 valence electrons. The molecule has 8 heteroatoms. The van der Waals surface area contributed by atoms with E-state index in [1.165, 1.54) is 6.33 Å². The van der Waals surface area contributed by atoms with Gasteiger partial charge in [-0.15, -0.1) is 0 Å². The normalized spacial score (nSPS) is 22.0. The molecule has 4 rings (SSSR count). The van der Waals surface area contributed by atoms with E-state index in [1.54, 1.807) is 24.3 Å². The predicted octanol–water partition coefficient (Wildman–Crippen LogP) is 1.13. The van der Waals surface area contributed by atoms with Gasteiger partial charge in [-0.25, -0.2) is 14.8 Å². The molecule has 4 heterocycles. The molecule has 0 unspecified atom stereocenters. The molecule has 0 bridgehead atoms. The molecule has 2 fully saturated rings. The summed E-state index contributed by atoms with van der Waals surface area (Å²) in [5, 5.41) is 0. The van der Waals surface area contributed by atoms with Gasteiger partial charge in [0.2, 0.25) is 5.88 Å². The Morgan fingerprint density at radius 2 is 2.20 bits per heavy atom. The first-order valence-electron chi connectivity index (χ1n) is 8.23. The lowest BCUT2D eigenvalue weighted by Crippen LogP contribution is -2.39. The minimum absolute atomic E-state index is 0.0252. The number of rotatable bonds is 5. The summed E-state index contributed by atoms with van der Waals surface area (Å²) < 4.78 is 10.7. The molecule has 0 aliphatic carbocycles. The molecule has 2 aromatic heterocycles. The number of carbonyl (C=O) groups is 1. The van der Waals surface area contributed by atoms with Crippen molar-refractivity contribution in [3.8, 4) is 5.88 Å². The highest BCUT2D eigenvalue weighted by Crippen LogP contribution is 2.30. The number of anilines is 1. The maximum absolute atomic E-state index is 12.2. The van der Waals surface area contributed by atoms with Gasteiger partial charge in [0.15, 0.2) is 0 Å². The van der Waals surface area contributed by atoms with E-state index < -0.39 is 0 Å². The average Bonchev–Trinajstić information content (AvgIpc) is 3.18. The van der Waals surface area contributed by atoms with Crippen LogP contribution in [0.4, 0.5) is 10.6 Å². The molecule has 0 spiro atoms. The molecule has 0 N–H and O–H groups in total. The summed E-state index contributed by atoms with van der Waals surface area (Å²) in [6.45, 7) is 1.90. The van der Waals surface area contributed by atoms with E-state index in [4.69, 9.17) is 9.47 Å². The summed E-state index contributed by atoms with van der Waals surface area (Å²) in [5.74, 6) is 1.30. The molecule has 0 aromatic carbocycles. The summed E-state index contributed by atoms with van der Waals surface area (Å²) in [7, 11) is 1.58. The highest BCUT2D eigenvalue weighted by Gasteiger charge is 2.47. The fourth-order valence-electron chi connectivity index (χ4n) is 3.34. The van der Waals surface area contributed by atoms with Crippen molar-refractivity contribution >= 4 is 11.9 Å². The van der Waals surface area contributed by atoms with Crippen molar-refractivity contribution in [3.05, 3.63) is 42.5 Å². The molecule has 2 aliphatic rings. The van der Waals surface area contributed by atoms with Gasteiger partial charge in [-0.2, -0.15) is 0 Å². The van der Waals surface area contributed by atoms with Gasteiger partial charge in [-0.3, -0.25) is 9.88 Å². The number of pyridine rings is 1. The Labute approximate surface area is 145 Å². The maximum Gasteiger partial charge on any atom is 0.410 e. The zero-order chi connectivity index (χ0) is 17.2. The van der Waals surface area contributed by atoms with Crippen molar-refractivity contribution in [2.45, 2.75) is 18.6 Å².